The number of hydrogen-bond donors (Lipinski definition) is 1. The first-order valence-corrected chi connectivity index (χ1v) is 8.69. The minimum absolute atomic E-state index is 0.0725. The predicted octanol–water partition coefficient (Wildman–Crippen LogP) is 4.11. The van der Waals surface area contributed by atoms with Crippen molar-refractivity contribution in [1.29, 1.82) is 0 Å². The van der Waals surface area contributed by atoms with E-state index in [2.05, 4.69) is 14.9 Å². The predicted molar refractivity (Wildman–Crippen MR) is 97.2 cm³/mol. The lowest BCUT2D eigenvalue weighted by molar-refractivity contribution is -0.137. The molecule has 1 amide bonds. The maximum absolute atomic E-state index is 12.7. The van der Waals surface area contributed by atoms with Crippen molar-refractivity contribution in [1.82, 2.24) is 14.9 Å². The van der Waals surface area contributed by atoms with Crippen LogP contribution in [0.15, 0.2) is 48.5 Å². The van der Waals surface area contributed by atoms with Gasteiger partial charge in [0.15, 0.2) is 0 Å². The Kier molecular flexibility index (Phi) is 5.48. The van der Waals surface area contributed by atoms with Crippen molar-refractivity contribution in [3.8, 4) is 0 Å². The molecule has 3 rings (SSSR count). The van der Waals surface area contributed by atoms with Crippen molar-refractivity contribution < 1.29 is 18.0 Å². The number of aromatic nitrogens is 2. The van der Waals surface area contributed by atoms with Crippen LogP contribution < -0.4 is 5.32 Å². The molecule has 4 nitrogen and oxygen atoms in total. The van der Waals surface area contributed by atoms with Crippen LogP contribution in [0.4, 0.5) is 13.2 Å². The number of benzene rings is 2. The lowest BCUT2D eigenvalue weighted by atomic mass is 10.1. The second-order valence-electron chi connectivity index (χ2n) is 6.38. The standard InChI is InChI=1S/C20H20F3N3O/c1-14-25-17-8-2-3-9-18(17)26(14)11-5-10-24-19(27)13-15-6-4-7-16(12-15)20(21,22)23/h2-4,6-9,12H,5,10-11,13H2,1H3,(H,24,27). The van der Waals surface area contributed by atoms with Gasteiger partial charge in [0.1, 0.15) is 5.82 Å². The van der Waals surface area contributed by atoms with E-state index >= 15 is 0 Å². The zero-order valence-electron chi connectivity index (χ0n) is 14.9. The van der Waals surface area contributed by atoms with E-state index in [1.54, 1.807) is 0 Å². The zero-order valence-corrected chi connectivity index (χ0v) is 14.9. The molecular formula is C20H20F3N3O. The summed E-state index contributed by atoms with van der Waals surface area (Å²) in [6.07, 6.45) is -3.77. The van der Waals surface area contributed by atoms with Gasteiger partial charge in [-0.2, -0.15) is 13.2 Å². The van der Waals surface area contributed by atoms with Gasteiger partial charge in [0.25, 0.3) is 0 Å². The molecule has 0 spiro atoms. The largest absolute Gasteiger partial charge is 0.416 e. The number of imidazole rings is 1. The van der Waals surface area contributed by atoms with Crippen molar-refractivity contribution in [2.45, 2.75) is 32.5 Å². The summed E-state index contributed by atoms with van der Waals surface area (Å²) in [6, 6.07) is 12.7. The summed E-state index contributed by atoms with van der Waals surface area (Å²) in [5.41, 5.74) is 1.59. The summed E-state index contributed by atoms with van der Waals surface area (Å²) in [7, 11) is 0. The fraction of sp³-hybridized carbons (Fsp3) is 0.300. The molecule has 1 N–H and O–H groups in total. The number of hydrogen-bond acceptors (Lipinski definition) is 2. The van der Waals surface area contributed by atoms with Crippen molar-refractivity contribution in [2.75, 3.05) is 6.54 Å². The van der Waals surface area contributed by atoms with Crippen LogP contribution in [-0.4, -0.2) is 22.0 Å². The van der Waals surface area contributed by atoms with Gasteiger partial charge < -0.3 is 9.88 Å². The summed E-state index contributed by atoms with van der Waals surface area (Å²) in [4.78, 5) is 16.5. The Morgan fingerprint density at radius 1 is 1.15 bits per heavy atom. The number of carbonyl (C=O) groups is 1. The van der Waals surface area contributed by atoms with Gasteiger partial charge >= 0.3 is 6.18 Å². The van der Waals surface area contributed by atoms with Crippen LogP contribution in [-0.2, 0) is 23.9 Å². The summed E-state index contributed by atoms with van der Waals surface area (Å²) in [5, 5.41) is 2.77. The number of aryl methyl sites for hydroxylation is 2. The molecular weight excluding hydrogens is 355 g/mol. The first-order chi connectivity index (χ1) is 12.8. The molecule has 0 aliphatic rings. The number of fused-ring (bicyclic) bond motifs is 1. The fourth-order valence-electron chi connectivity index (χ4n) is 3.05. The molecule has 0 saturated heterocycles. The van der Waals surface area contributed by atoms with Crippen LogP contribution in [0.3, 0.4) is 0 Å². The van der Waals surface area contributed by atoms with Crippen LogP contribution >= 0.6 is 0 Å². The minimum atomic E-state index is -4.40. The number of carbonyl (C=O) groups excluding carboxylic acids is 1. The number of nitrogens with zero attached hydrogens (tertiary/aromatic N) is 2. The van der Waals surface area contributed by atoms with E-state index in [-0.39, 0.29) is 12.3 Å². The third-order valence-corrected chi connectivity index (χ3v) is 4.35. The molecule has 1 aromatic heterocycles. The van der Waals surface area contributed by atoms with Gasteiger partial charge in [-0.25, -0.2) is 4.98 Å². The number of nitrogens with one attached hydrogen (secondary N) is 1. The highest BCUT2D eigenvalue weighted by molar-refractivity contribution is 5.78. The van der Waals surface area contributed by atoms with Gasteiger partial charge in [-0.15, -0.1) is 0 Å². The van der Waals surface area contributed by atoms with E-state index in [0.29, 0.717) is 25.1 Å². The molecule has 142 valence electrons. The van der Waals surface area contributed by atoms with E-state index in [1.165, 1.54) is 12.1 Å². The summed E-state index contributed by atoms with van der Waals surface area (Å²) >= 11 is 0. The molecule has 7 heteroatoms. The Morgan fingerprint density at radius 2 is 1.93 bits per heavy atom. The molecule has 0 fully saturated rings. The molecule has 3 aromatic rings. The summed E-state index contributed by atoms with van der Waals surface area (Å²) in [5.74, 6) is 0.619. The van der Waals surface area contributed by atoms with Crippen molar-refractivity contribution >= 4 is 16.9 Å². The molecule has 0 atom stereocenters. The molecule has 0 saturated carbocycles. The van der Waals surface area contributed by atoms with E-state index in [0.717, 1.165) is 29.0 Å². The molecule has 0 unspecified atom stereocenters. The summed E-state index contributed by atoms with van der Waals surface area (Å²) in [6.45, 7) is 3.09. The summed E-state index contributed by atoms with van der Waals surface area (Å²) < 4.78 is 40.3. The molecule has 2 aromatic carbocycles. The highest BCUT2D eigenvalue weighted by Gasteiger charge is 2.30. The molecule has 1 heterocycles. The highest BCUT2D eigenvalue weighted by atomic mass is 19.4. The zero-order chi connectivity index (χ0) is 19.4. The Bertz CT molecular complexity index is 947. The molecule has 0 bridgehead atoms. The Morgan fingerprint density at radius 3 is 2.70 bits per heavy atom. The minimum Gasteiger partial charge on any atom is -0.356 e. The molecule has 27 heavy (non-hydrogen) atoms. The van der Waals surface area contributed by atoms with E-state index in [1.807, 2.05) is 31.2 Å². The van der Waals surface area contributed by atoms with Crippen LogP contribution in [0.5, 0.6) is 0 Å². The fourth-order valence-corrected chi connectivity index (χ4v) is 3.05. The van der Waals surface area contributed by atoms with E-state index in [4.69, 9.17) is 0 Å². The van der Waals surface area contributed by atoms with E-state index in [9.17, 15) is 18.0 Å². The molecule has 0 aliphatic heterocycles. The van der Waals surface area contributed by atoms with Gasteiger partial charge in [0.2, 0.25) is 5.91 Å². The second kappa shape index (κ2) is 7.82. The first-order valence-electron chi connectivity index (χ1n) is 8.69. The lowest BCUT2D eigenvalue weighted by Gasteiger charge is -2.10. The lowest BCUT2D eigenvalue weighted by Crippen LogP contribution is -2.27. The van der Waals surface area contributed by atoms with Gasteiger partial charge in [-0.3, -0.25) is 4.79 Å². The van der Waals surface area contributed by atoms with Crippen LogP contribution in [0, 0.1) is 6.92 Å². The van der Waals surface area contributed by atoms with Crippen molar-refractivity contribution in [3.05, 3.63) is 65.5 Å². The van der Waals surface area contributed by atoms with E-state index < -0.39 is 11.7 Å². The highest BCUT2D eigenvalue weighted by Crippen LogP contribution is 2.29. The van der Waals surface area contributed by atoms with Gasteiger partial charge in [0.05, 0.1) is 23.0 Å². The van der Waals surface area contributed by atoms with Crippen molar-refractivity contribution in [3.63, 3.8) is 0 Å². The Balaban J connectivity index is 1.51. The quantitative estimate of drug-likeness (QED) is 0.659. The van der Waals surface area contributed by atoms with Gasteiger partial charge in [0, 0.05) is 13.1 Å². The maximum Gasteiger partial charge on any atom is 0.416 e. The number of halogens is 3. The number of alkyl halides is 3. The van der Waals surface area contributed by atoms with Gasteiger partial charge in [-0.05, 0) is 37.1 Å². The third-order valence-electron chi connectivity index (χ3n) is 4.35. The monoisotopic (exact) mass is 375 g/mol. The molecule has 0 aliphatic carbocycles. The average molecular weight is 375 g/mol. The maximum atomic E-state index is 12.7. The Labute approximate surface area is 155 Å². The van der Waals surface area contributed by atoms with Crippen LogP contribution in [0.25, 0.3) is 11.0 Å². The third kappa shape index (κ3) is 4.67. The second-order valence-corrected chi connectivity index (χ2v) is 6.38. The SMILES string of the molecule is Cc1nc2ccccc2n1CCCNC(=O)Cc1cccc(C(F)(F)F)c1. The topological polar surface area (TPSA) is 46.9 Å². The normalized spacial score (nSPS) is 11.7. The average Bonchev–Trinajstić information content (AvgIpc) is 2.93. The Hall–Kier alpha value is -2.83. The smallest absolute Gasteiger partial charge is 0.356 e. The van der Waals surface area contributed by atoms with Crippen LogP contribution in [0.1, 0.15) is 23.4 Å². The first kappa shape index (κ1) is 18.9. The molecule has 0 radical (unpaired) electrons. The van der Waals surface area contributed by atoms with Crippen LogP contribution in [0.2, 0.25) is 0 Å². The number of rotatable bonds is 6. The number of para-hydroxylation sites is 2. The number of amides is 1. The van der Waals surface area contributed by atoms with Crippen molar-refractivity contribution in [2.24, 2.45) is 0 Å². The van der Waals surface area contributed by atoms with Gasteiger partial charge in [-0.1, -0.05) is 30.3 Å².